The fourth-order valence-electron chi connectivity index (χ4n) is 2.56. The second-order valence-corrected chi connectivity index (χ2v) is 5.99. The van der Waals surface area contributed by atoms with E-state index in [9.17, 15) is 4.79 Å². The monoisotopic (exact) mass is 325 g/mol. The molecule has 0 heterocycles. The SMILES string of the molecule is COC(=O)C1CCC(NCc2ccc(Br)cc2)CC1. The van der Waals surface area contributed by atoms with E-state index in [1.807, 2.05) is 0 Å². The van der Waals surface area contributed by atoms with Gasteiger partial charge in [-0.2, -0.15) is 0 Å². The van der Waals surface area contributed by atoms with E-state index in [1.54, 1.807) is 0 Å². The summed E-state index contributed by atoms with van der Waals surface area (Å²) in [6.07, 6.45) is 3.97. The Morgan fingerprint density at radius 2 is 1.89 bits per heavy atom. The fraction of sp³-hybridized carbons (Fsp3) is 0.533. The van der Waals surface area contributed by atoms with Crippen molar-refractivity contribution < 1.29 is 9.53 Å². The van der Waals surface area contributed by atoms with Gasteiger partial charge < -0.3 is 10.1 Å². The highest BCUT2D eigenvalue weighted by Gasteiger charge is 2.26. The lowest BCUT2D eigenvalue weighted by Gasteiger charge is -2.27. The summed E-state index contributed by atoms with van der Waals surface area (Å²) in [4.78, 5) is 11.4. The van der Waals surface area contributed by atoms with Crippen LogP contribution in [0.15, 0.2) is 28.7 Å². The van der Waals surface area contributed by atoms with Gasteiger partial charge >= 0.3 is 5.97 Å². The molecule has 1 aliphatic rings. The molecule has 0 bridgehead atoms. The predicted octanol–water partition coefficient (Wildman–Crippen LogP) is 3.27. The van der Waals surface area contributed by atoms with Gasteiger partial charge in [-0.05, 0) is 43.4 Å². The second kappa shape index (κ2) is 7.06. The van der Waals surface area contributed by atoms with Crippen LogP contribution in [0.4, 0.5) is 0 Å². The molecule has 0 radical (unpaired) electrons. The molecule has 3 nitrogen and oxygen atoms in total. The topological polar surface area (TPSA) is 38.3 Å². The summed E-state index contributed by atoms with van der Waals surface area (Å²) in [5.41, 5.74) is 1.29. The van der Waals surface area contributed by atoms with Crippen LogP contribution in [-0.4, -0.2) is 19.1 Å². The highest BCUT2D eigenvalue weighted by molar-refractivity contribution is 9.10. The van der Waals surface area contributed by atoms with Crippen LogP contribution in [0.25, 0.3) is 0 Å². The molecule has 0 amide bonds. The van der Waals surface area contributed by atoms with Crippen LogP contribution in [0, 0.1) is 5.92 Å². The van der Waals surface area contributed by atoms with Crippen LogP contribution < -0.4 is 5.32 Å². The minimum absolute atomic E-state index is 0.0497. The maximum Gasteiger partial charge on any atom is 0.308 e. The van der Waals surface area contributed by atoms with Crippen LogP contribution in [0.1, 0.15) is 31.2 Å². The molecule has 0 aliphatic heterocycles. The van der Waals surface area contributed by atoms with Crippen molar-refractivity contribution in [2.75, 3.05) is 7.11 Å². The van der Waals surface area contributed by atoms with E-state index < -0.39 is 0 Å². The first-order valence-corrected chi connectivity index (χ1v) is 7.54. The van der Waals surface area contributed by atoms with Gasteiger partial charge in [0.05, 0.1) is 13.0 Å². The van der Waals surface area contributed by atoms with Crippen molar-refractivity contribution in [1.82, 2.24) is 5.32 Å². The van der Waals surface area contributed by atoms with Gasteiger partial charge in [-0.3, -0.25) is 4.79 Å². The Morgan fingerprint density at radius 1 is 1.26 bits per heavy atom. The Kier molecular flexibility index (Phi) is 5.40. The van der Waals surface area contributed by atoms with Gasteiger partial charge in [0, 0.05) is 17.1 Å². The Labute approximate surface area is 122 Å². The number of carbonyl (C=O) groups is 1. The van der Waals surface area contributed by atoms with Crippen LogP contribution in [0.2, 0.25) is 0 Å². The minimum atomic E-state index is -0.0497. The van der Waals surface area contributed by atoms with E-state index in [0.29, 0.717) is 6.04 Å². The van der Waals surface area contributed by atoms with Crippen LogP contribution >= 0.6 is 15.9 Å². The smallest absolute Gasteiger partial charge is 0.308 e. The van der Waals surface area contributed by atoms with Crippen LogP contribution in [-0.2, 0) is 16.1 Å². The lowest BCUT2D eigenvalue weighted by atomic mass is 9.86. The quantitative estimate of drug-likeness (QED) is 0.863. The number of hydrogen-bond acceptors (Lipinski definition) is 3. The van der Waals surface area contributed by atoms with Gasteiger partial charge in [-0.15, -0.1) is 0 Å². The van der Waals surface area contributed by atoms with Gasteiger partial charge in [0.25, 0.3) is 0 Å². The normalized spacial score (nSPS) is 23.1. The molecule has 4 heteroatoms. The molecule has 1 N–H and O–H groups in total. The molecule has 0 atom stereocenters. The number of esters is 1. The second-order valence-electron chi connectivity index (χ2n) is 5.08. The number of methoxy groups -OCH3 is 1. The molecule has 0 saturated heterocycles. The molecule has 0 spiro atoms. The lowest BCUT2D eigenvalue weighted by molar-refractivity contribution is -0.146. The van der Waals surface area contributed by atoms with Crippen molar-refractivity contribution >= 4 is 21.9 Å². The first kappa shape index (κ1) is 14.5. The Morgan fingerprint density at radius 3 is 2.47 bits per heavy atom. The Bertz CT molecular complexity index is 411. The van der Waals surface area contributed by atoms with Crippen molar-refractivity contribution in [3.05, 3.63) is 34.3 Å². The number of benzene rings is 1. The van der Waals surface area contributed by atoms with Gasteiger partial charge in [0.1, 0.15) is 0 Å². The Hall–Kier alpha value is -0.870. The number of nitrogens with one attached hydrogen (secondary N) is 1. The van der Waals surface area contributed by atoms with Gasteiger partial charge in [-0.25, -0.2) is 0 Å². The van der Waals surface area contributed by atoms with E-state index in [4.69, 9.17) is 4.74 Å². The average Bonchev–Trinajstić information content (AvgIpc) is 2.46. The highest BCUT2D eigenvalue weighted by Crippen LogP contribution is 2.25. The minimum Gasteiger partial charge on any atom is -0.469 e. The number of hydrogen-bond donors (Lipinski definition) is 1. The summed E-state index contributed by atoms with van der Waals surface area (Å²) in [5, 5.41) is 3.57. The zero-order chi connectivity index (χ0) is 13.7. The third-order valence-electron chi connectivity index (χ3n) is 3.77. The molecule has 1 fully saturated rings. The van der Waals surface area contributed by atoms with E-state index in [2.05, 4.69) is 45.5 Å². The van der Waals surface area contributed by atoms with Gasteiger partial charge in [-0.1, -0.05) is 28.1 Å². The van der Waals surface area contributed by atoms with E-state index in [0.717, 1.165) is 36.7 Å². The number of ether oxygens (including phenoxy) is 1. The Balaban J connectivity index is 1.74. The van der Waals surface area contributed by atoms with Crippen molar-refractivity contribution in [1.29, 1.82) is 0 Å². The zero-order valence-electron chi connectivity index (χ0n) is 11.2. The summed E-state index contributed by atoms with van der Waals surface area (Å²) >= 11 is 3.44. The fourth-order valence-corrected chi connectivity index (χ4v) is 2.83. The van der Waals surface area contributed by atoms with Gasteiger partial charge in [0.2, 0.25) is 0 Å². The molecule has 2 rings (SSSR count). The highest BCUT2D eigenvalue weighted by atomic mass is 79.9. The standard InChI is InChI=1S/C15H20BrNO2/c1-19-15(18)12-4-8-14(9-5-12)17-10-11-2-6-13(16)7-3-11/h2-3,6-7,12,14,17H,4-5,8-10H2,1H3. The first-order valence-electron chi connectivity index (χ1n) is 6.74. The third kappa shape index (κ3) is 4.32. The van der Waals surface area contributed by atoms with E-state index >= 15 is 0 Å². The molecule has 1 aromatic carbocycles. The predicted molar refractivity (Wildman–Crippen MR) is 78.7 cm³/mol. The van der Waals surface area contributed by atoms with Crippen molar-refractivity contribution in [3.63, 3.8) is 0 Å². The van der Waals surface area contributed by atoms with Crippen molar-refractivity contribution in [3.8, 4) is 0 Å². The number of rotatable bonds is 4. The largest absolute Gasteiger partial charge is 0.469 e. The van der Waals surface area contributed by atoms with Crippen molar-refractivity contribution in [2.45, 2.75) is 38.3 Å². The number of carbonyl (C=O) groups excluding carboxylic acids is 1. The lowest BCUT2D eigenvalue weighted by Crippen LogP contribution is -2.34. The molecule has 19 heavy (non-hydrogen) atoms. The molecule has 0 aromatic heterocycles. The zero-order valence-corrected chi connectivity index (χ0v) is 12.8. The maximum absolute atomic E-state index is 11.4. The molecule has 1 saturated carbocycles. The van der Waals surface area contributed by atoms with Gasteiger partial charge in [0.15, 0.2) is 0 Å². The number of halogens is 1. The van der Waals surface area contributed by atoms with E-state index in [1.165, 1.54) is 12.7 Å². The summed E-state index contributed by atoms with van der Waals surface area (Å²) in [7, 11) is 1.47. The molecular weight excluding hydrogens is 306 g/mol. The summed E-state index contributed by atoms with van der Waals surface area (Å²) in [6.45, 7) is 0.890. The molecule has 1 aliphatic carbocycles. The third-order valence-corrected chi connectivity index (χ3v) is 4.30. The molecule has 104 valence electrons. The summed E-state index contributed by atoms with van der Waals surface area (Å²) in [5.74, 6) is 0.0575. The molecular formula is C15H20BrNO2. The van der Waals surface area contributed by atoms with Crippen LogP contribution in [0.5, 0.6) is 0 Å². The molecule has 1 aromatic rings. The summed E-state index contributed by atoms with van der Waals surface area (Å²) in [6, 6.07) is 8.88. The van der Waals surface area contributed by atoms with Crippen LogP contribution in [0.3, 0.4) is 0 Å². The average molecular weight is 326 g/mol. The first-order chi connectivity index (χ1) is 9.19. The van der Waals surface area contributed by atoms with Crippen molar-refractivity contribution in [2.24, 2.45) is 5.92 Å². The molecule has 0 unspecified atom stereocenters. The van der Waals surface area contributed by atoms with E-state index in [-0.39, 0.29) is 11.9 Å². The maximum atomic E-state index is 11.4. The summed E-state index contributed by atoms with van der Waals surface area (Å²) < 4.78 is 5.91.